The largest absolute Gasteiger partial charge is 0.338 e. The summed E-state index contributed by atoms with van der Waals surface area (Å²) in [4.78, 5) is 33.2. The number of nitrogens with zero attached hydrogens (tertiary/aromatic N) is 5. The lowest BCUT2D eigenvalue weighted by molar-refractivity contribution is -0.384. The summed E-state index contributed by atoms with van der Waals surface area (Å²) in [6, 6.07) is 28.4. The van der Waals surface area contributed by atoms with Gasteiger partial charge in [-0.3, -0.25) is 20.2 Å². The maximum atomic E-state index is 11.1. The summed E-state index contributed by atoms with van der Waals surface area (Å²) in [5.74, 6) is 1.12. The van der Waals surface area contributed by atoms with Crippen LogP contribution in [0.15, 0.2) is 97.1 Å². The van der Waals surface area contributed by atoms with Crippen molar-refractivity contribution in [3.8, 4) is 22.8 Å². The Morgan fingerprint density at radius 1 is 0.676 bits per heavy atom. The highest BCUT2D eigenvalue weighted by molar-refractivity contribution is 5.83. The van der Waals surface area contributed by atoms with E-state index in [0.717, 1.165) is 22.1 Å². The molecule has 182 valence electrons. The second-order valence-electron chi connectivity index (χ2n) is 8.13. The van der Waals surface area contributed by atoms with Crippen LogP contribution in [0.2, 0.25) is 0 Å². The number of nitrogens with one attached hydrogen (secondary N) is 1. The van der Waals surface area contributed by atoms with Crippen LogP contribution in [0.3, 0.4) is 0 Å². The summed E-state index contributed by atoms with van der Waals surface area (Å²) >= 11 is 0. The quantitative estimate of drug-likeness (QED) is 0.227. The topological polar surface area (TPSA) is 133 Å². The van der Waals surface area contributed by atoms with Gasteiger partial charge in [-0.25, -0.2) is 9.97 Å². The van der Waals surface area contributed by atoms with Gasteiger partial charge in [0.15, 0.2) is 0 Å². The molecule has 0 amide bonds. The molecule has 0 aliphatic heterocycles. The number of nitro benzene ring substituents is 2. The molecule has 1 N–H and O–H groups in total. The highest BCUT2D eigenvalue weighted by Crippen LogP contribution is 2.31. The van der Waals surface area contributed by atoms with E-state index in [1.165, 1.54) is 12.1 Å². The fourth-order valence-electron chi connectivity index (χ4n) is 4.12. The van der Waals surface area contributed by atoms with Crippen molar-refractivity contribution in [2.24, 2.45) is 7.05 Å². The molecule has 4 aromatic carbocycles. The van der Waals surface area contributed by atoms with Crippen LogP contribution in [0.25, 0.3) is 44.8 Å². The molecule has 2 aromatic heterocycles. The number of nitro groups is 2. The summed E-state index contributed by atoms with van der Waals surface area (Å²) in [7, 11) is 1.86. The maximum absolute atomic E-state index is 11.1. The fourth-order valence-corrected chi connectivity index (χ4v) is 4.12. The second-order valence-corrected chi connectivity index (χ2v) is 8.13. The maximum Gasteiger partial charge on any atom is 0.280 e. The molecule has 0 fully saturated rings. The van der Waals surface area contributed by atoms with E-state index < -0.39 is 4.92 Å². The zero-order valence-electron chi connectivity index (χ0n) is 19.6. The number of hydrogen-bond acceptors (Lipinski definition) is 6. The van der Waals surface area contributed by atoms with Gasteiger partial charge in [0.2, 0.25) is 0 Å². The molecule has 0 aliphatic carbocycles. The van der Waals surface area contributed by atoms with Crippen molar-refractivity contribution in [2.45, 2.75) is 0 Å². The number of aryl methyl sites for hydroxylation is 1. The molecule has 0 saturated carbocycles. The molecule has 6 rings (SSSR count). The number of aromatic nitrogens is 4. The van der Waals surface area contributed by atoms with Crippen molar-refractivity contribution in [1.29, 1.82) is 0 Å². The number of fused-ring (bicyclic) bond motifs is 2. The molecule has 0 saturated heterocycles. The number of para-hydroxylation sites is 6. The molecule has 0 radical (unpaired) electrons. The van der Waals surface area contributed by atoms with Gasteiger partial charge >= 0.3 is 0 Å². The third-order valence-electron chi connectivity index (χ3n) is 5.87. The van der Waals surface area contributed by atoms with Crippen LogP contribution >= 0.6 is 0 Å². The number of rotatable bonds is 4. The van der Waals surface area contributed by atoms with Crippen molar-refractivity contribution < 1.29 is 9.85 Å². The van der Waals surface area contributed by atoms with E-state index in [-0.39, 0.29) is 16.3 Å². The normalized spacial score (nSPS) is 10.7. The lowest BCUT2D eigenvalue weighted by Crippen LogP contribution is -1.97. The molecule has 10 nitrogen and oxygen atoms in total. The van der Waals surface area contributed by atoms with Crippen LogP contribution in [-0.2, 0) is 7.05 Å². The molecular weight excluding hydrogens is 472 g/mol. The number of aromatic amines is 1. The Balaban J connectivity index is 0.000000152. The highest BCUT2D eigenvalue weighted by atomic mass is 16.6. The third-order valence-corrected chi connectivity index (χ3v) is 5.87. The number of H-pyrrole nitrogens is 1. The van der Waals surface area contributed by atoms with E-state index >= 15 is 0 Å². The lowest BCUT2D eigenvalue weighted by Gasteiger charge is -2.03. The van der Waals surface area contributed by atoms with E-state index in [4.69, 9.17) is 0 Å². The average molecular weight is 492 g/mol. The zero-order chi connectivity index (χ0) is 25.9. The average Bonchev–Trinajstić information content (AvgIpc) is 3.50. The Kier molecular flexibility index (Phi) is 6.13. The Bertz CT molecular complexity index is 1740. The second kappa shape index (κ2) is 9.70. The summed E-state index contributed by atoms with van der Waals surface area (Å²) in [6.45, 7) is 0. The molecule has 0 bridgehead atoms. The van der Waals surface area contributed by atoms with Crippen LogP contribution in [0.1, 0.15) is 0 Å². The molecule has 10 heteroatoms. The summed E-state index contributed by atoms with van der Waals surface area (Å²) in [6.07, 6.45) is 0. The van der Waals surface area contributed by atoms with E-state index in [1.54, 1.807) is 36.4 Å². The zero-order valence-corrected chi connectivity index (χ0v) is 19.6. The van der Waals surface area contributed by atoms with Crippen molar-refractivity contribution in [2.75, 3.05) is 0 Å². The summed E-state index contributed by atoms with van der Waals surface area (Å²) in [5, 5.41) is 22.1. The minimum Gasteiger partial charge on any atom is -0.338 e. The monoisotopic (exact) mass is 492 g/mol. The van der Waals surface area contributed by atoms with Gasteiger partial charge in [-0.05, 0) is 36.4 Å². The Morgan fingerprint density at radius 3 is 1.86 bits per heavy atom. The van der Waals surface area contributed by atoms with Crippen LogP contribution in [0.5, 0.6) is 0 Å². The summed E-state index contributed by atoms with van der Waals surface area (Å²) in [5.41, 5.74) is 4.60. The third kappa shape index (κ3) is 4.50. The fraction of sp³-hybridized carbons (Fsp3) is 0.0370. The van der Waals surface area contributed by atoms with Crippen LogP contribution in [0, 0.1) is 20.2 Å². The first-order valence-electron chi connectivity index (χ1n) is 11.3. The Labute approximate surface area is 210 Å². The van der Waals surface area contributed by atoms with Gasteiger partial charge in [0.25, 0.3) is 11.4 Å². The van der Waals surface area contributed by atoms with Crippen molar-refractivity contribution in [3.05, 3.63) is 117 Å². The number of imidazole rings is 2. The van der Waals surface area contributed by atoms with Gasteiger partial charge in [0.1, 0.15) is 11.6 Å². The van der Waals surface area contributed by atoms with Gasteiger partial charge in [-0.1, -0.05) is 48.5 Å². The first kappa shape index (κ1) is 23.4. The molecule has 0 atom stereocenters. The minimum atomic E-state index is -0.400. The van der Waals surface area contributed by atoms with E-state index in [9.17, 15) is 20.2 Å². The molecule has 0 spiro atoms. The smallest absolute Gasteiger partial charge is 0.280 e. The van der Waals surface area contributed by atoms with Crippen molar-refractivity contribution >= 4 is 33.4 Å². The molecule has 2 heterocycles. The molecule has 0 unspecified atom stereocenters. The van der Waals surface area contributed by atoms with Crippen LogP contribution in [0.4, 0.5) is 11.4 Å². The van der Waals surface area contributed by atoms with Gasteiger partial charge in [0, 0.05) is 19.2 Å². The van der Waals surface area contributed by atoms with Crippen LogP contribution in [-0.4, -0.2) is 29.4 Å². The molecule has 37 heavy (non-hydrogen) atoms. The Morgan fingerprint density at radius 2 is 1.22 bits per heavy atom. The van der Waals surface area contributed by atoms with Gasteiger partial charge in [-0.15, -0.1) is 0 Å². The van der Waals surface area contributed by atoms with Crippen molar-refractivity contribution in [1.82, 2.24) is 19.5 Å². The van der Waals surface area contributed by atoms with E-state index in [1.807, 2.05) is 60.1 Å². The predicted octanol–water partition coefficient (Wildman–Crippen LogP) is 6.29. The van der Waals surface area contributed by atoms with E-state index in [2.05, 4.69) is 15.0 Å². The molecular formula is C27H20N6O4. The Hall–Kier alpha value is -5.38. The number of hydrogen-bond donors (Lipinski definition) is 1. The van der Waals surface area contributed by atoms with E-state index in [0.29, 0.717) is 22.8 Å². The molecule has 0 aliphatic rings. The van der Waals surface area contributed by atoms with Gasteiger partial charge < -0.3 is 9.55 Å². The molecule has 6 aromatic rings. The van der Waals surface area contributed by atoms with Crippen LogP contribution < -0.4 is 0 Å². The minimum absolute atomic E-state index is 0.0524. The van der Waals surface area contributed by atoms with Gasteiger partial charge in [0.05, 0.1) is 43.0 Å². The SMILES string of the molecule is Cn1c(-c2ccccc2[N+](=O)[O-])nc2ccccc21.O=[N+]([O-])c1ccccc1-c1nc2ccccc2[nH]1. The number of benzene rings is 4. The summed E-state index contributed by atoms with van der Waals surface area (Å²) < 4.78 is 1.87. The first-order valence-corrected chi connectivity index (χ1v) is 11.3. The van der Waals surface area contributed by atoms with Gasteiger partial charge in [-0.2, -0.15) is 0 Å². The first-order chi connectivity index (χ1) is 17.9. The lowest BCUT2D eigenvalue weighted by atomic mass is 10.1. The predicted molar refractivity (Wildman–Crippen MR) is 141 cm³/mol. The highest BCUT2D eigenvalue weighted by Gasteiger charge is 2.19. The standard InChI is InChI=1S/C14H11N3O2.C13H9N3O2/c1-16-13-9-5-3-7-11(13)15-14(16)10-6-2-4-8-12(10)17(18)19;17-16(18)12-8-4-1-5-9(12)13-14-10-6-2-3-7-11(10)15-13/h2-9H,1H3;1-8H,(H,14,15). The van der Waals surface area contributed by atoms with Crippen molar-refractivity contribution in [3.63, 3.8) is 0 Å².